The number of rotatable bonds is 7. The van der Waals surface area contributed by atoms with Crippen LogP contribution in [0.2, 0.25) is 0 Å². The number of carbonyl (C=O) groups is 2. The summed E-state index contributed by atoms with van der Waals surface area (Å²) in [5.74, 6) is -0.179. The summed E-state index contributed by atoms with van der Waals surface area (Å²) in [6.07, 6.45) is 1.58. The second-order valence-corrected chi connectivity index (χ2v) is 7.49. The van der Waals surface area contributed by atoms with E-state index in [9.17, 15) is 13.8 Å². The number of urea groups is 1. The molecule has 0 spiro atoms. The predicted octanol–water partition coefficient (Wildman–Crippen LogP) is 0.0820. The number of nitrogens with one attached hydrogen (secondary N) is 2. The van der Waals surface area contributed by atoms with E-state index in [0.29, 0.717) is 24.7 Å². The standard InChI is InChI=1S/C16H23N3O5S/c17-16(22)19-14(9-20)15(21)18-12-3-1-2-11(8-12)10-25(23)13-4-6-24-7-5-13/h1-3,8,13-14,20H,4-7,9-10H2,(H,18,21)(H3,17,19,22). The third-order valence-corrected chi connectivity index (χ3v) is 5.69. The van der Waals surface area contributed by atoms with Crippen molar-refractivity contribution in [1.82, 2.24) is 5.32 Å². The summed E-state index contributed by atoms with van der Waals surface area (Å²) in [4.78, 5) is 22.9. The molecule has 8 nitrogen and oxygen atoms in total. The minimum atomic E-state index is -1.13. The van der Waals surface area contributed by atoms with Crippen molar-refractivity contribution in [1.29, 1.82) is 0 Å². The molecule has 0 bridgehead atoms. The lowest BCUT2D eigenvalue weighted by Crippen LogP contribution is -2.48. The maximum absolute atomic E-state index is 12.5. The zero-order valence-corrected chi connectivity index (χ0v) is 14.6. The van der Waals surface area contributed by atoms with E-state index in [2.05, 4.69) is 10.6 Å². The number of hydrogen-bond acceptors (Lipinski definition) is 5. The number of hydrogen-bond donors (Lipinski definition) is 4. The van der Waals surface area contributed by atoms with Gasteiger partial charge in [-0.3, -0.25) is 9.00 Å². The van der Waals surface area contributed by atoms with Gasteiger partial charge in [0.2, 0.25) is 5.91 Å². The molecule has 1 fully saturated rings. The van der Waals surface area contributed by atoms with Crippen LogP contribution in [-0.2, 0) is 26.1 Å². The second kappa shape index (κ2) is 9.50. The van der Waals surface area contributed by atoms with Crippen molar-refractivity contribution < 1.29 is 23.6 Å². The van der Waals surface area contributed by atoms with E-state index in [1.807, 2.05) is 6.07 Å². The van der Waals surface area contributed by atoms with E-state index in [-0.39, 0.29) is 5.25 Å². The zero-order valence-electron chi connectivity index (χ0n) is 13.8. The summed E-state index contributed by atoms with van der Waals surface area (Å²) in [6, 6.07) is 4.98. The number of carbonyl (C=O) groups excluding carboxylic acids is 2. The second-order valence-electron chi connectivity index (χ2n) is 5.77. The smallest absolute Gasteiger partial charge is 0.312 e. The van der Waals surface area contributed by atoms with Gasteiger partial charge in [-0.15, -0.1) is 0 Å². The fraction of sp³-hybridized carbons (Fsp3) is 0.500. The van der Waals surface area contributed by atoms with Crippen molar-refractivity contribution in [2.24, 2.45) is 5.73 Å². The largest absolute Gasteiger partial charge is 0.394 e. The van der Waals surface area contributed by atoms with Gasteiger partial charge in [-0.05, 0) is 30.5 Å². The van der Waals surface area contributed by atoms with Crippen molar-refractivity contribution >= 4 is 28.4 Å². The van der Waals surface area contributed by atoms with Crippen LogP contribution >= 0.6 is 0 Å². The van der Waals surface area contributed by atoms with Crippen molar-refractivity contribution in [2.45, 2.75) is 29.9 Å². The van der Waals surface area contributed by atoms with Crippen LogP contribution in [-0.4, -0.2) is 52.4 Å². The Morgan fingerprint density at radius 3 is 2.72 bits per heavy atom. The van der Waals surface area contributed by atoms with Crippen molar-refractivity contribution in [3.63, 3.8) is 0 Å². The number of aliphatic hydroxyl groups is 1. The Bertz CT molecular complexity index is 634. The van der Waals surface area contributed by atoms with Crippen LogP contribution in [0.4, 0.5) is 10.5 Å². The first kappa shape index (κ1) is 19.4. The molecule has 0 saturated carbocycles. The fourth-order valence-electron chi connectivity index (χ4n) is 2.56. The van der Waals surface area contributed by atoms with Gasteiger partial charge in [0.1, 0.15) is 6.04 Å². The van der Waals surface area contributed by atoms with Gasteiger partial charge in [0.25, 0.3) is 0 Å². The first-order valence-corrected chi connectivity index (χ1v) is 9.39. The van der Waals surface area contributed by atoms with Gasteiger partial charge in [0.05, 0.1) is 6.61 Å². The highest BCUT2D eigenvalue weighted by atomic mass is 32.2. The quantitative estimate of drug-likeness (QED) is 0.541. The number of anilines is 1. The summed E-state index contributed by atoms with van der Waals surface area (Å²) in [5, 5.41) is 14.0. The minimum Gasteiger partial charge on any atom is -0.394 e. The third kappa shape index (κ3) is 6.11. The molecule has 0 aliphatic carbocycles. The van der Waals surface area contributed by atoms with E-state index in [1.165, 1.54) is 0 Å². The molecule has 0 aromatic heterocycles. The predicted molar refractivity (Wildman–Crippen MR) is 94.4 cm³/mol. The summed E-state index contributed by atoms with van der Waals surface area (Å²) in [5.41, 5.74) is 6.30. The molecule has 9 heteroatoms. The topological polar surface area (TPSA) is 131 Å². The molecule has 138 valence electrons. The molecule has 25 heavy (non-hydrogen) atoms. The van der Waals surface area contributed by atoms with Crippen molar-refractivity contribution in [3.05, 3.63) is 29.8 Å². The minimum absolute atomic E-state index is 0.130. The van der Waals surface area contributed by atoms with Gasteiger partial charge in [0.15, 0.2) is 0 Å². The normalized spacial score (nSPS) is 17.5. The SMILES string of the molecule is NC(=O)NC(CO)C(=O)Nc1cccc(CS(=O)C2CCOCC2)c1. The Kier molecular flexibility index (Phi) is 7.35. The molecule has 2 unspecified atom stereocenters. The molecule has 0 radical (unpaired) electrons. The van der Waals surface area contributed by atoms with E-state index in [0.717, 1.165) is 18.4 Å². The molecular formula is C16H23N3O5S. The lowest BCUT2D eigenvalue weighted by Gasteiger charge is -2.21. The molecule has 1 aromatic carbocycles. The van der Waals surface area contributed by atoms with Crippen molar-refractivity contribution in [2.75, 3.05) is 25.1 Å². The molecule has 1 heterocycles. The van der Waals surface area contributed by atoms with E-state index in [1.54, 1.807) is 18.2 Å². The van der Waals surface area contributed by atoms with Crippen LogP contribution in [0.1, 0.15) is 18.4 Å². The van der Waals surface area contributed by atoms with Crippen LogP contribution < -0.4 is 16.4 Å². The Morgan fingerprint density at radius 1 is 1.36 bits per heavy atom. The Labute approximate surface area is 148 Å². The first-order chi connectivity index (χ1) is 12.0. The van der Waals surface area contributed by atoms with Crippen LogP contribution in [0.25, 0.3) is 0 Å². The summed E-state index contributed by atoms with van der Waals surface area (Å²) in [7, 11) is -1.00. The maximum atomic E-state index is 12.5. The molecule has 1 aromatic rings. The maximum Gasteiger partial charge on any atom is 0.312 e. The number of nitrogens with two attached hydrogens (primary N) is 1. The highest BCUT2D eigenvalue weighted by molar-refractivity contribution is 7.84. The average molecular weight is 369 g/mol. The Morgan fingerprint density at radius 2 is 2.08 bits per heavy atom. The van der Waals surface area contributed by atoms with Crippen LogP contribution in [0.15, 0.2) is 24.3 Å². The number of ether oxygens (including phenoxy) is 1. The molecule has 1 aliphatic rings. The first-order valence-electron chi connectivity index (χ1n) is 8.01. The van der Waals surface area contributed by atoms with Gasteiger partial charge in [-0.2, -0.15) is 0 Å². The molecule has 5 N–H and O–H groups in total. The average Bonchev–Trinajstić information content (AvgIpc) is 2.60. The Hall–Kier alpha value is -1.97. The monoisotopic (exact) mass is 369 g/mol. The summed E-state index contributed by atoms with van der Waals surface area (Å²) in [6.45, 7) is 0.714. The van der Waals surface area contributed by atoms with Crippen molar-refractivity contribution in [3.8, 4) is 0 Å². The zero-order chi connectivity index (χ0) is 18.2. The summed E-state index contributed by atoms with van der Waals surface area (Å²) < 4.78 is 17.7. The van der Waals surface area contributed by atoms with E-state index >= 15 is 0 Å². The number of amides is 3. The van der Waals surface area contributed by atoms with Crippen LogP contribution in [0, 0.1) is 0 Å². The van der Waals surface area contributed by atoms with Crippen LogP contribution in [0.3, 0.4) is 0 Å². The van der Waals surface area contributed by atoms with Gasteiger partial charge < -0.3 is 26.2 Å². The van der Waals surface area contributed by atoms with E-state index < -0.39 is 35.4 Å². The third-order valence-electron chi connectivity index (χ3n) is 3.86. The molecule has 2 atom stereocenters. The number of primary amides is 1. The lowest BCUT2D eigenvalue weighted by atomic mass is 10.2. The molecule has 3 amide bonds. The molecular weight excluding hydrogens is 346 g/mol. The fourth-order valence-corrected chi connectivity index (χ4v) is 4.02. The molecule has 2 rings (SSSR count). The van der Waals surface area contributed by atoms with Gasteiger partial charge >= 0.3 is 6.03 Å². The number of aliphatic hydroxyl groups excluding tert-OH is 1. The highest BCUT2D eigenvalue weighted by Gasteiger charge is 2.21. The summed E-state index contributed by atoms with van der Waals surface area (Å²) >= 11 is 0. The van der Waals surface area contributed by atoms with E-state index in [4.69, 9.17) is 15.6 Å². The van der Waals surface area contributed by atoms with Gasteiger partial charge in [-0.25, -0.2) is 4.79 Å². The number of benzene rings is 1. The highest BCUT2D eigenvalue weighted by Crippen LogP contribution is 2.19. The van der Waals surface area contributed by atoms with Gasteiger partial charge in [0, 0.05) is 40.7 Å². The lowest BCUT2D eigenvalue weighted by molar-refractivity contribution is -0.118. The van der Waals surface area contributed by atoms with Crippen LogP contribution in [0.5, 0.6) is 0 Å². The Balaban J connectivity index is 1.96. The molecule has 1 saturated heterocycles. The molecule has 1 aliphatic heterocycles. The van der Waals surface area contributed by atoms with Gasteiger partial charge in [-0.1, -0.05) is 12.1 Å².